The van der Waals surface area contributed by atoms with Crippen molar-refractivity contribution >= 4 is 33.9 Å². The summed E-state index contributed by atoms with van der Waals surface area (Å²) in [4.78, 5) is 20.9. The van der Waals surface area contributed by atoms with E-state index in [2.05, 4.69) is 20.6 Å². The highest BCUT2D eigenvalue weighted by molar-refractivity contribution is 7.13. The number of hydrogen-bond acceptors (Lipinski definition) is 8. The first-order valence-electron chi connectivity index (χ1n) is 10.3. The molecule has 0 aliphatic carbocycles. The molecular weight excluding hydrogens is 436 g/mol. The van der Waals surface area contributed by atoms with Gasteiger partial charge in [0, 0.05) is 29.6 Å². The van der Waals surface area contributed by atoms with Crippen LogP contribution in [0.2, 0.25) is 0 Å². The molecule has 4 rings (SSSR count). The monoisotopic (exact) mass is 460 g/mol. The van der Waals surface area contributed by atoms with Gasteiger partial charge in [-0.1, -0.05) is 24.3 Å². The first kappa shape index (κ1) is 22.1. The molecule has 168 valence electrons. The lowest BCUT2D eigenvalue weighted by atomic mass is 10.1. The normalized spacial score (nSPS) is 10.5. The number of hydrogen-bond donors (Lipinski definition) is 4. The van der Waals surface area contributed by atoms with Crippen LogP contribution in [-0.2, 0) is 6.61 Å². The third-order valence-electron chi connectivity index (χ3n) is 4.80. The third kappa shape index (κ3) is 5.98. The summed E-state index contributed by atoms with van der Waals surface area (Å²) in [6.45, 7) is 1.39. The van der Waals surface area contributed by atoms with E-state index in [0.29, 0.717) is 41.9 Å². The Bertz CT molecular complexity index is 1210. The number of nitrogens with zero attached hydrogens (tertiary/aromatic N) is 2. The zero-order chi connectivity index (χ0) is 23.0. The van der Waals surface area contributed by atoms with Crippen LogP contribution in [0.4, 0.5) is 16.6 Å². The van der Waals surface area contributed by atoms with E-state index in [1.54, 1.807) is 30.5 Å². The Morgan fingerprint density at radius 1 is 1.00 bits per heavy atom. The Kier molecular flexibility index (Phi) is 7.01. The van der Waals surface area contributed by atoms with Gasteiger partial charge in [-0.05, 0) is 42.0 Å². The summed E-state index contributed by atoms with van der Waals surface area (Å²) in [5.74, 6) is 1.30. The summed E-state index contributed by atoms with van der Waals surface area (Å²) < 4.78 is 6.02. The Morgan fingerprint density at radius 3 is 2.55 bits per heavy atom. The number of thiazole rings is 1. The van der Waals surface area contributed by atoms with Crippen molar-refractivity contribution in [1.29, 1.82) is 0 Å². The highest BCUT2D eigenvalue weighted by atomic mass is 32.1. The number of para-hydroxylation sites is 1. The summed E-state index contributed by atoms with van der Waals surface area (Å²) in [7, 11) is 0. The zero-order valence-electron chi connectivity index (χ0n) is 17.8. The molecule has 33 heavy (non-hydrogen) atoms. The standard InChI is InChI=1S/C24H24N6O2S/c25-18-9-10-22(29-13-18)27-11-12-28-23(31)17-7-5-16(6-8-17)14-32-21-4-2-1-3-19(21)20-15-33-24(26)30-20/h1-10,13,15H,11-12,14,25H2,(H2,26,30)(H,27,29)(H,28,31). The fraction of sp³-hybridized carbons (Fsp3) is 0.125. The molecule has 1 amide bonds. The van der Waals surface area contributed by atoms with Gasteiger partial charge in [0.15, 0.2) is 5.13 Å². The van der Waals surface area contributed by atoms with Crippen molar-refractivity contribution in [2.75, 3.05) is 29.9 Å². The molecule has 2 aromatic heterocycles. The molecule has 2 heterocycles. The zero-order valence-corrected chi connectivity index (χ0v) is 18.6. The molecule has 4 aromatic rings. The van der Waals surface area contributed by atoms with Crippen molar-refractivity contribution in [3.8, 4) is 17.0 Å². The maximum Gasteiger partial charge on any atom is 0.251 e. The highest BCUT2D eigenvalue weighted by Gasteiger charge is 2.10. The Hall–Kier alpha value is -4.11. The second-order valence-corrected chi connectivity index (χ2v) is 8.10. The molecular formula is C24H24N6O2S. The van der Waals surface area contributed by atoms with Crippen molar-refractivity contribution in [3.05, 3.63) is 83.4 Å². The Labute approximate surface area is 195 Å². The molecule has 0 saturated heterocycles. The van der Waals surface area contributed by atoms with Gasteiger partial charge in [0.2, 0.25) is 0 Å². The van der Waals surface area contributed by atoms with E-state index in [9.17, 15) is 4.79 Å². The van der Waals surface area contributed by atoms with Crippen LogP contribution in [0.3, 0.4) is 0 Å². The number of nitrogens with two attached hydrogens (primary N) is 2. The molecule has 0 fully saturated rings. The average molecular weight is 461 g/mol. The van der Waals surface area contributed by atoms with Crippen molar-refractivity contribution in [1.82, 2.24) is 15.3 Å². The van der Waals surface area contributed by atoms with Gasteiger partial charge in [0.05, 0.1) is 17.6 Å². The summed E-state index contributed by atoms with van der Waals surface area (Å²) in [6.07, 6.45) is 1.58. The van der Waals surface area contributed by atoms with Crippen LogP contribution < -0.4 is 26.8 Å². The van der Waals surface area contributed by atoms with Crippen LogP contribution >= 0.6 is 11.3 Å². The summed E-state index contributed by atoms with van der Waals surface area (Å²) in [5, 5.41) is 8.44. The van der Waals surface area contributed by atoms with E-state index in [-0.39, 0.29) is 5.91 Å². The molecule has 0 radical (unpaired) electrons. The van der Waals surface area contributed by atoms with Gasteiger partial charge in [0.1, 0.15) is 18.2 Å². The number of nitrogens with one attached hydrogen (secondary N) is 2. The lowest BCUT2D eigenvalue weighted by Crippen LogP contribution is -2.28. The number of aromatic nitrogens is 2. The van der Waals surface area contributed by atoms with Gasteiger partial charge in [-0.3, -0.25) is 4.79 Å². The minimum atomic E-state index is -0.138. The lowest BCUT2D eigenvalue weighted by Gasteiger charge is -2.11. The van der Waals surface area contributed by atoms with Crippen LogP contribution in [-0.4, -0.2) is 29.0 Å². The minimum Gasteiger partial charge on any atom is -0.488 e. The first-order chi connectivity index (χ1) is 16.1. The molecule has 8 nitrogen and oxygen atoms in total. The number of nitrogen functional groups attached to an aromatic ring is 2. The fourth-order valence-corrected chi connectivity index (χ4v) is 3.67. The van der Waals surface area contributed by atoms with Crippen molar-refractivity contribution in [3.63, 3.8) is 0 Å². The smallest absolute Gasteiger partial charge is 0.251 e. The number of carbonyl (C=O) groups excluding carboxylic acids is 1. The number of benzene rings is 2. The van der Waals surface area contributed by atoms with E-state index >= 15 is 0 Å². The molecule has 0 spiro atoms. The number of anilines is 3. The van der Waals surface area contributed by atoms with E-state index in [4.69, 9.17) is 16.2 Å². The number of amides is 1. The van der Waals surface area contributed by atoms with E-state index in [1.807, 2.05) is 41.8 Å². The van der Waals surface area contributed by atoms with E-state index in [1.165, 1.54) is 11.3 Å². The van der Waals surface area contributed by atoms with Gasteiger partial charge in [-0.25, -0.2) is 9.97 Å². The predicted molar refractivity (Wildman–Crippen MR) is 132 cm³/mol. The van der Waals surface area contributed by atoms with Gasteiger partial charge in [-0.2, -0.15) is 0 Å². The number of rotatable bonds is 9. The second-order valence-electron chi connectivity index (χ2n) is 7.21. The van der Waals surface area contributed by atoms with Gasteiger partial charge in [-0.15, -0.1) is 11.3 Å². The van der Waals surface area contributed by atoms with Gasteiger partial charge < -0.3 is 26.8 Å². The molecule has 6 N–H and O–H groups in total. The van der Waals surface area contributed by atoms with Crippen molar-refractivity contribution < 1.29 is 9.53 Å². The molecule has 0 aliphatic rings. The molecule has 0 aliphatic heterocycles. The molecule has 0 bridgehead atoms. The molecule has 2 aromatic carbocycles. The van der Waals surface area contributed by atoms with Crippen LogP contribution in [0.25, 0.3) is 11.3 Å². The summed E-state index contributed by atoms with van der Waals surface area (Å²) in [5.41, 5.74) is 15.2. The number of ether oxygens (including phenoxy) is 1. The van der Waals surface area contributed by atoms with Crippen molar-refractivity contribution in [2.24, 2.45) is 0 Å². The number of pyridine rings is 1. The SMILES string of the molecule is Nc1ccc(NCCNC(=O)c2ccc(COc3ccccc3-c3csc(N)n3)cc2)nc1. The third-order valence-corrected chi connectivity index (χ3v) is 5.47. The molecule has 0 atom stereocenters. The van der Waals surface area contributed by atoms with Crippen molar-refractivity contribution in [2.45, 2.75) is 6.61 Å². The average Bonchev–Trinajstić information content (AvgIpc) is 3.28. The largest absolute Gasteiger partial charge is 0.488 e. The Morgan fingerprint density at radius 2 is 1.82 bits per heavy atom. The maximum atomic E-state index is 12.4. The molecule has 9 heteroatoms. The van der Waals surface area contributed by atoms with Crippen LogP contribution in [0.15, 0.2) is 72.2 Å². The number of carbonyl (C=O) groups is 1. The van der Waals surface area contributed by atoms with Gasteiger partial charge in [0.25, 0.3) is 5.91 Å². The van der Waals surface area contributed by atoms with Crippen LogP contribution in [0, 0.1) is 0 Å². The van der Waals surface area contributed by atoms with Crippen LogP contribution in [0.1, 0.15) is 15.9 Å². The Balaban J connectivity index is 1.27. The predicted octanol–water partition coefficient (Wildman–Crippen LogP) is 3.79. The second kappa shape index (κ2) is 10.5. The fourth-order valence-electron chi connectivity index (χ4n) is 3.11. The molecule has 0 unspecified atom stereocenters. The summed E-state index contributed by atoms with van der Waals surface area (Å²) in [6, 6.07) is 18.6. The molecule has 0 saturated carbocycles. The van der Waals surface area contributed by atoms with Gasteiger partial charge >= 0.3 is 0 Å². The van der Waals surface area contributed by atoms with Crippen LogP contribution in [0.5, 0.6) is 5.75 Å². The van der Waals surface area contributed by atoms with E-state index < -0.39 is 0 Å². The maximum absolute atomic E-state index is 12.4. The topological polar surface area (TPSA) is 128 Å². The minimum absolute atomic E-state index is 0.138. The highest BCUT2D eigenvalue weighted by Crippen LogP contribution is 2.31. The summed E-state index contributed by atoms with van der Waals surface area (Å²) >= 11 is 1.39. The lowest BCUT2D eigenvalue weighted by molar-refractivity contribution is 0.0955. The quantitative estimate of drug-likeness (QED) is 0.280. The van der Waals surface area contributed by atoms with E-state index in [0.717, 1.165) is 22.6 Å². The first-order valence-corrected chi connectivity index (χ1v) is 11.2.